The minimum atomic E-state index is 0.204. The lowest BCUT2D eigenvalue weighted by atomic mass is 10.3. The lowest BCUT2D eigenvalue weighted by Crippen LogP contribution is -2.41. The molecule has 8 nitrogen and oxygen atoms in total. The van der Waals surface area contributed by atoms with Crippen LogP contribution in [0.4, 0.5) is 5.82 Å². The van der Waals surface area contributed by atoms with Crippen molar-refractivity contribution in [2.45, 2.75) is 6.92 Å². The fraction of sp³-hybridized carbons (Fsp3) is 0.667. The standard InChI is InChI=1S/C9H15N5O3/c1-2-16-13-9(7-8(10)12-17-11-7)14-3-5-15-6-4-14/h2-6H2,1H3,(H2,10,12). The maximum Gasteiger partial charge on any atom is 0.201 e. The van der Waals surface area contributed by atoms with Gasteiger partial charge in [0.05, 0.1) is 13.2 Å². The number of nitrogens with two attached hydrogens (primary N) is 1. The van der Waals surface area contributed by atoms with E-state index in [0.717, 1.165) is 0 Å². The second kappa shape index (κ2) is 5.48. The topological polar surface area (TPSA) is 99.0 Å². The number of rotatable bonds is 3. The Morgan fingerprint density at radius 2 is 2.24 bits per heavy atom. The summed E-state index contributed by atoms with van der Waals surface area (Å²) in [6.07, 6.45) is 0. The summed E-state index contributed by atoms with van der Waals surface area (Å²) in [6, 6.07) is 0. The number of morpholine rings is 1. The first-order valence-corrected chi connectivity index (χ1v) is 5.44. The molecule has 2 heterocycles. The zero-order valence-corrected chi connectivity index (χ0v) is 9.63. The first kappa shape index (κ1) is 11.6. The van der Waals surface area contributed by atoms with Crippen LogP contribution >= 0.6 is 0 Å². The lowest BCUT2D eigenvalue weighted by molar-refractivity contribution is 0.0645. The maximum atomic E-state index is 5.66. The maximum absolute atomic E-state index is 5.66. The molecule has 0 unspecified atom stereocenters. The molecule has 0 amide bonds. The van der Waals surface area contributed by atoms with Gasteiger partial charge in [0, 0.05) is 13.1 Å². The Kier molecular flexibility index (Phi) is 3.76. The molecule has 0 atom stereocenters. The highest BCUT2D eigenvalue weighted by atomic mass is 16.6. The molecule has 0 radical (unpaired) electrons. The number of anilines is 1. The number of amidine groups is 1. The van der Waals surface area contributed by atoms with E-state index in [0.29, 0.717) is 44.4 Å². The molecular formula is C9H15N5O3. The van der Waals surface area contributed by atoms with Crippen molar-refractivity contribution in [2.24, 2.45) is 5.16 Å². The van der Waals surface area contributed by atoms with Crippen molar-refractivity contribution in [1.82, 2.24) is 15.2 Å². The van der Waals surface area contributed by atoms with Crippen LogP contribution in [0.25, 0.3) is 0 Å². The predicted octanol–water partition coefficient (Wildman–Crippen LogP) is -0.318. The summed E-state index contributed by atoms with van der Waals surface area (Å²) < 4.78 is 9.85. The minimum absolute atomic E-state index is 0.204. The fourth-order valence-corrected chi connectivity index (χ4v) is 1.50. The Balaban J connectivity index is 2.21. The highest BCUT2D eigenvalue weighted by molar-refractivity contribution is 6.00. The van der Waals surface area contributed by atoms with Crippen molar-refractivity contribution in [3.05, 3.63) is 5.69 Å². The smallest absolute Gasteiger partial charge is 0.201 e. The first-order valence-electron chi connectivity index (χ1n) is 5.44. The number of nitrogen functional groups attached to an aromatic ring is 1. The third kappa shape index (κ3) is 2.64. The van der Waals surface area contributed by atoms with Crippen LogP contribution in [0.3, 0.4) is 0 Å². The van der Waals surface area contributed by atoms with Crippen molar-refractivity contribution in [3.63, 3.8) is 0 Å². The molecule has 1 aliphatic heterocycles. The zero-order valence-electron chi connectivity index (χ0n) is 9.63. The SMILES string of the molecule is CCON=C(c1nonc1N)N1CCOCC1. The van der Waals surface area contributed by atoms with E-state index in [2.05, 4.69) is 20.1 Å². The van der Waals surface area contributed by atoms with Gasteiger partial charge in [0.25, 0.3) is 0 Å². The lowest BCUT2D eigenvalue weighted by Gasteiger charge is -2.28. The van der Waals surface area contributed by atoms with Gasteiger partial charge < -0.3 is 20.2 Å². The number of hydrogen-bond donors (Lipinski definition) is 1. The summed E-state index contributed by atoms with van der Waals surface area (Å²) in [5.41, 5.74) is 6.06. The van der Waals surface area contributed by atoms with Crippen molar-refractivity contribution in [1.29, 1.82) is 0 Å². The number of nitrogens with zero attached hydrogens (tertiary/aromatic N) is 4. The van der Waals surface area contributed by atoms with Gasteiger partial charge in [-0.15, -0.1) is 0 Å². The highest BCUT2D eigenvalue weighted by Crippen LogP contribution is 2.11. The van der Waals surface area contributed by atoms with Crippen LogP contribution in [0.5, 0.6) is 0 Å². The monoisotopic (exact) mass is 241 g/mol. The molecule has 1 fully saturated rings. The normalized spacial score (nSPS) is 17.2. The van der Waals surface area contributed by atoms with Crippen LogP contribution in [-0.2, 0) is 9.57 Å². The number of ether oxygens (including phenoxy) is 1. The van der Waals surface area contributed by atoms with E-state index < -0.39 is 0 Å². The van der Waals surface area contributed by atoms with Gasteiger partial charge in [0.2, 0.25) is 5.84 Å². The number of hydrogen-bond acceptors (Lipinski definition) is 7. The van der Waals surface area contributed by atoms with E-state index in [1.807, 2.05) is 11.8 Å². The summed E-state index contributed by atoms with van der Waals surface area (Å²) in [4.78, 5) is 7.05. The Hall–Kier alpha value is -1.83. The van der Waals surface area contributed by atoms with Crippen molar-refractivity contribution in [2.75, 3.05) is 38.6 Å². The van der Waals surface area contributed by atoms with Gasteiger partial charge in [0.15, 0.2) is 11.5 Å². The summed E-state index contributed by atoms with van der Waals surface area (Å²) in [6.45, 7) is 5.01. The largest absolute Gasteiger partial charge is 0.394 e. The zero-order chi connectivity index (χ0) is 12.1. The molecule has 0 aromatic carbocycles. The second-order valence-electron chi connectivity index (χ2n) is 3.43. The van der Waals surface area contributed by atoms with E-state index in [9.17, 15) is 0 Å². The first-order chi connectivity index (χ1) is 8.33. The van der Waals surface area contributed by atoms with Gasteiger partial charge in [-0.1, -0.05) is 5.16 Å². The van der Waals surface area contributed by atoms with Crippen molar-refractivity contribution in [3.8, 4) is 0 Å². The highest BCUT2D eigenvalue weighted by Gasteiger charge is 2.23. The van der Waals surface area contributed by atoms with E-state index >= 15 is 0 Å². The Morgan fingerprint density at radius 3 is 2.82 bits per heavy atom. The Morgan fingerprint density at radius 1 is 1.47 bits per heavy atom. The third-order valence-corrected chi connectivity index (χ3v) is 2.32. The van der Waals surface area contributed by atoms with Crippen LogP contribution in [0.1, 0.15) is 12.6 Å². The third-order valence-electron chi connectivity index (χ3n) is 2.32. The molecule has 1 aromatic rings. The Labute approximate surface area is 98.3 Å². The number of oxime groups is 1. The summed E-state index contributed by atoms with van der Waals surface area (Å²) in [5, 5.41) is 11.3. The van der Waals surface area contributed by atoms with Crippen LogP contribution in [0, 0.1) is 0 Å². The van der Waals surface area contributed by atoms with Gasteiger partial charge in [0.1, 0.15) is 6.61 Å². The molecule has 1 saturated heterocycles. The predicted molar refractivity (Wildman–Crippen MR) is 59.3 cm³/mol. The molecule has 0 spiro atoms. The summed E-state index contributed by atoms with van der Waals surface area (Å²) >= 11 is 0. The quantitative estimate of drug-likeness (QED) is 0.440. The molecular weight excluding hydrogens is 226 g/mol. The van der Waals surface area contributed by atoms with E-state index in [-0.39, 0.29) is 5.82 Å². The summed E-state index contributed by atoms with van der Waals surface area (Å²) in [5.74, 6) is 0.740. The van der Waals surface area contributed by atoms with Gasteiger partial charge in [-0.2, -0.15) is 0 Å². The molecule has 0 bridgehead atoms. The van der Waals surface area contributed by atoms with Gasteiger partial charge in [-0.3, -0.25) is 0 Å². The molecule has 1 aliphatic rings. The molecule has 2 rings (SSSR count). The van der Waals surface area contributed by atoms with Crippen LogP contribution < -0.4 is 5.73 Å². The van der Waals surface area contributed by atoms with Crippen molar-refractivity contribution < 1.29 is 14.2 Å². The van der Waals surface area contributed by atoms with Gasteiger partial charge in [-0.25, -0.2) is 4.63 Å². The minimum Gasteiger partial charge on any atom is -0.394 e. The average molecular weight is 241 g/mol. The van der Waals surface area contributed by atoms with Crippen LogP contribution in [-0.4, -0.2) is 54.0 Å². The Bertz CT molecular complexity index is 386. The molecule has 17 heavy (non-hydrogen) atoms. The average Bonchev–Trinajstić information content (AvgIpc) is 2.78. The number of aromatic nitrogens is 2. The van der Waals surface area contributed by atoms with Crippen LogP contribution in [0.2, 0.25) is 0 Å². The molecule has 0 saturated carbocycles. The molecule has 94 valence electrons. The molecule has 8 heteroatoms. The molecule has 2 N–H and O–H groups in total. The van der Waals surface area contributed by atoms with E-state index in [1.54, 1.807) is 0 Å². The summed E-state index contributed by atoms with van der Waals surface area (Å²) in [7, 11) is 0. The van der Waals surface area contributed by atoms with Crippen LogP contribution in [0.15, 0.2) is 9.78 Å². The van der Waals surface area contributed by atoms with Gasteiger partial charge >= 0.3 is 0 Å². The van der Waals surface area contributed by atoms with E-state index in [1.165, 1.54) is 0 Å². The fourth-order valence-electron chi connectivity index (χ4n) is 1.50. The van der Waals surface area contributed by atoms with E-state index in [4.69, 9.17) is 15.3 Å². The molecule has 1 aromatic heterocycles. The van der Waals surface area contributed by atoms with Gasteiger partial charge in [-0.05, 0) is 17.2 Å². The second-order valence-corrected chi connectivity index (χ2v) is 3.43. The van der Waals surface area contributed by atoms with Crippen molar-refractivity contribution >= 4 is 11.7 Å². The molecule has 0 aliphatic carbocycles.